The second-order valence-electron chi connectivity index (χ2n) is 9.07. The lowest BCUT2D eigenvalue weighted by molar-refractivity contribution is -0.103. The Morgan fingerprint density at radius 1 is 1.04 bits per heavy atom. The van der Waals surface area contributed by atoms with E-state index in [4.69, 9.17) is 19.0 Å². The molecular formula is C20H41NO5. The van der Waals surface area contributed by atoms with Crippen molar-refractivity contribution < 1.29 is 24.2 Å². The van der Waals surface area contributed by atoms with E-state index in [0.29, 0.717) is 26.2 Å². The smallest absolute Gasteiger partial charge is 0.0898 e. The van der Waals surface area contributed by atoms with Crippen LogP contribution in [-0.4, -0.2) is 72.1 Å². The monoisotopic (exact) mass is 375 g/mol. The fourth-order valence-corrected chi connectivity index (χ4v) is 3.02. The molecule has 0 amide bonds. The van der Waals surface area contributed by atoms with E-state index >= 15 is 0 Å². The molecule has 1 rings (SSSR count). The Morgan fingerprint density at radius 2 is 1.62 bits per heavy atom. The molecule has 0 radical (unpaired) electrons. The Hall–Kier alpha value is -0.240. The zero-order valence-corrected chi connectivity index (χ0v) is 18.3. The minimum absolute atomic E-state index is 0.0224. The highest BCUT2D eigenvalue weighted by molar-refractivity contribution is 5.14. The van der Waals surface area contributed by atoms with Gasteiger partial charge in [-0.15, -0.1) is 0 Å². The second kappa shape index (κ2) is 9.30. The van der Waals surface area contributed by atoms with Gasteiger partial charge in [0.15, 0.2) is 0 Å². The Bertz CT molecular complexity index is 421. The van der Waals surface area contributed by atoms with E-state index in [1.165, 1.54) is 0 Å². The van der Waals surface area contributed by atoms with Crippen LogP contribution in [0.2, 0.25) is 0 Å². The molecule has 1 fully saturated rings. The number of ether oxygens (including phenoxy) is 3. The molecule has 0 aromatic carbocycles. The number of rotatable bonds is 13. The third-order valence-corrected chi connectivity index (χ3v) is 5.25. The first-order valence-corrected chi connectivity index (χ1v) is 9.76. The molecule has 6 nitrogen and oxygen atoms in total. The first kappa shape index (κ1) is 23.8. The van der Waals surface area contributed by atoms with Crippen molar-refractivity contribution in [2.75, 3.05) is 26.9 Å². The van der Waals surface area contributed by atoms with E-state index in [2.05, 4.69) is 27.7 Å². The molecule has 0 bridgehead atoms. The number of aliphatic hydroxyl groups is 1. The number of nitrogens with zero attached hydrogens (tertiary/aromatic N) is 1. The summed E-state index contributed by atoms with van der Waals surface area (Å²) >= 11 is 0. The summed E-state index contributed by atoms with van der Waals surface area (Å²) in [6, 6.07) is 0.148. The van der Waals surface area contributed by atoms with Gasteiger partial charge in [-0.1, -0.05) is 0 Å². The van der Waals surface area contributed by atoms with Gasteiger partial charge in [0.05, 0.1) is 48.7 Å². The third-order valence-electron chi connectivity index (χ3n) is 5.25. The van der Waals surface area contributed by atoms with Crippen molar-refractivity contribution in [2.45, 2.75) is 103 Å². The van der Waals surface area contributed by atoms with Crippen LogP contribution < -0.4 is 0 Å². The topological polar surface area (TPSA) is 60.2 Å². The summed E-state index contributed by atoms with van der Waals surface area (Å²) in [6.45, 7) is 17.8. The molecule has 0 aromatic heterocycles. The Kier molecular flexibility index (Phi) is 8.52. The Balaban J connectivity index is 2.48. The molecular weight excluding hydrogens is 334 g/mol. The normalized spacial score (nSPS) is 27.8. The molecule has 6 heteroatoms. The molecule has 1 aliphatic rings. The maximum atomic E-state index is 9.83. The van der Waals surface area contributed by atoms with E-state index in [1.54, 1.807) is 21.0 Å². The summed E-state index contributed by atoms with van der Waals surface area (Å²) in [7, 11) is 1.68. The van der Waals surface area contributed by atoms with Gasteiger partial charge in [-0.2, -0.15) is 5.06 Å². The molecule has 1 N–H and O–H groups in total. The average Bonchev–Trinajstić information content (AvgIpc) is 3.08. The average molecular weight is 376 g/mol. The maximum absolute atomic E-state index is 9.83. The maximum Gasteiger partial charge on any atom is 0.0898 e. The molecule has 26 heavy (non-hydrogen) atoms. The Labute approximate surface area is 160 Å². The molecule has 1 heterocycles. The number of hydrogen-bond acceptors (Lipinski definition) is 6. The van der Waals surface area contributed by atoms with Gasteiger partial charge < -0.3 is 24.2 Å². The highest BCUT2D eigenvalue weighted by Gasteiger charge is 2.64. The van der Waals surface area contributed by atoms with E-state index in [0.717, 1.165) is 6.42 Å². The van der Waals surface area contributed by atoms with Crippen molar-refractivity contribution in [1.82, 2.24) is 5.06 Å². The van der Waals surface area contributed by atoms with Crippen LogP contribution in [0, 0.1) is 0 Å². The minimum atomic E-state index is -0.713. The summed E-state index contributed by atoms with van der Waals surface area (Å²) < 4.78 is 17.8. The van der Waals surface area contributed by atoms with Crippen molar-refractivity contribution >= 4 is 0 Å². The summed E-state index contributed by atoms with van der Waals surface area (Å²) in [4.78, 5) is 5.53. The zero-order chi connectivity index (χ0) is 20.2. The van der Waals surface area contributed by atoms with Crippen molar-refractivity contribution in [1.29, 1.82) is 0 Å². The fourth-order valence-electron chi connectivity index (χ4n) is 3.02. The van der Waals surface area contributed by atoms with Crippen LogP contribution in [0.15, 0.2) is 0 Å². The van der Waals surface area contributed by atoms with Gasteiger partial charge in [0.25, 0.3) is 0 Å². The van der Waals surface area contributed by atoms with Crippen molar-refractivity contribution in [3.05, 3.63) is 0 Å². The first-order chi connectivity index (χ1) is 11.8. The largest absolute Gasteiger partial charge is 0.390 e. The van der Waals surface area contributed by atoms with Crippen LogP contribution in [0.3, 0.4) is 0 Å². The SMILES string of the molecule is CON1C(COC(C)(C)CCOC(C)C)C1(C)C(C)OCCC(C)(C)O. The van der Waals surface area contributed by atoms with E-state index in [9.17, 15) is 5.11 Å². The quantitative estimate of drug-likeness (QED) is 0.499. The Morgan fingerprint density at radius 3 is 2.12 bits per heavy atom. The van der Waals surface area contributed by atoms with Crippen molar-refractivity contribution in [3.8, 4) is 0 Å². The lowest BCUT2D eigenvalue weighted by atomic mass is 10.0. The first-order valence-electron chi connectivity index (χ1n) is 9.76. The summed E-state index contributed by atoms with van der Waals surface area (Å²) in [5.74, 6) is 0. The van der Waals surface area contributed by atoms with Gasteiger partial charge in [0.1, 0.15) is 0 Å². The highest BCUT2D eigenvalue weighted by Crippen LogP contribution is 2.45. The van der Waals surface area contributed by atoms with Gasteiger partial charge in [0, 0.05) is 13.2 Å². The van der Waals surface area contributed by atoms with Crippen LogP contribution in [0.1, 0.15) is 68.2 Å². The lowest BCUT2D eigenvalue weighted by Gasteiger charge is -2.26. The van der Waals surface area contributed by atoms with Gasteiger partial charge in [-0.25, -0.2) is 0 Å². The van der Waals surface area contributed by atoms with E-state index in [-0.39, 0.29) is 29.4 Å². The van der Waals surface area contributed by atoms with Crippen molar-refractivity contribution in [3.63, 3.8) is 0 Å². The van der Waals surface area contributed by atoms with Gasteiger partial charge in [0.2, 0.25) is 0 Å². The molecule has 1 saturated heterocycles. The lowest BCUT2D eigenvalue weighted by Crippen LogP contribution is -2.35. The van der Waals surface area contributed by atoms with Gasteiger partial charge >= 0.3 is 0 Å². The molecule has 0 saturated carbocycles. The molecule has 4 unspecified atom stereocenters. The fraction of sp³-hybridized carbons (Fsp3) is 1.00. The van der Waals surface area contributed by atoms with Crippen LogP contribution in [0.25, 0.3) is 0 Å². The van der Waals surface area contributed by atoms with Gasteiger partial charge in [-0.3, -0.25) is 0 Å². The molecule has 0 spiro atoms. The standard InChI is InChI=1S/C20H41NO5/c1-15(2)24-13-11-19(6,7)26-14-17-20(8,21(17)23-9)16(3)25-12-10-18(4,5)22/h15-17,22H,10-14H2,1-9H3. The van der Waals surface area contributed by atoms with Crippen LogP contribution >= 0.6 is 0 Å². The van der Waals surface area contributed by atoms with Gasteiger partial charge in [-0.05, 0) is 68.2 Å². The predicted octanol–water partition coefficient (Wildman–Crippen LogP) is 3.17. The molecule has 0 aliphatic carbocycles. The molecule has 156 valence electrons. The second-order valence-corrected chi connectivity index (χ2v) is 9.07. The number of hydrogen-bond donors (Lipinski definition) is 1. The molecule has 1 aliphatic heterocycles. The minimum Gasteiger partial charge on any atom is -0.390 e. The molecule has 4 atom stereocenters. The van der Waals surface area contributed by atoms with E-state index in [1.807, 2.05) is 18.9 Å². The van der Waals surface area contributed by atoms with Crippen LogP contribution in [-0.2, 0) is 19.0 Å². The van der Waals surface area contributed by atoms with Crippen molar-refractivity contribution in [2.24, 2.45) is 0 Å². The summed E-state index contributed by atoms with van der Waals surface area (Å²) in [5.41, 5.74) is -1.18. The highest BCUT2D eigenvalue weighted by atomic mass is 16.7. The van der Waals surface area contributed by atoms with Crippen LogP contribution in [0.4, 0.5) is 0 Å². The summed E-state index contributed by atoms with van der Waals surface area (Å²) in [5, 5.41) is 11.8. The number of hydroxylamine groups is 2. The summed E-state index contributed by atoms with van der Waals surface area (Å²) in [6.07, 6.45) is 1.66. The predicted molar refractivity (Wildman–Crippen MR) is 103 cm³/mol. The zero-order valence-electron chi connectivity index (χ0n) is 18.3. The molecule has 0 aromatic rings. The van der Waals surface area contributed by atoms with Crippen LogP contribution in [0.5, 0.6) is 0 Å². The third kappa shape index (κ3) is 7.06. The van der Waals surface area contributed by atoms with E-state index < -0.39 is 5.60 Å².